The highest BCUT2D eigenvalue weighted by Gasteiger charge is 2.37. The summed E-state index contributed by atoms with van der Waals surface area (Å²) in [4.78, 5) is 0. The van der Waals surface area contributed by atoms with Crippen LogP contribution < -0.4 is 0 Å². The quantitative estimate of drug-likeness (QED) is 0.588. The van der Waals surface area contributed by atoms with Gasteiger partial charge < -0.3 is 4.74 Å². The largest absolute Gasteiger partial charge is 0.359 e. The van der Waals surface area contributed by atoms with Crippen LogP contribution in [0.5, 0.6) is 0 Å². The van der Waals surface area contributed by atoms with E-state index in [0.29, 0.717) is 5.92 Å². The van der Waals surface area contributed by atoms with Gasteiger partial charge in [0.05, 0.1) is 0 Å². The molecule has 1 heterocycles. The lowest BCUT2D eigenvalue weighted by Crippen LogP contribution is -2.38. The summed E-state index contributed by atoms with van der Waals surface area (Å²) < 4.78 is 5.58. The Balaban J connectivity index is 2.57. The second-order valence-electron chi connectivity index (χ2n) is 3.24. The van der Waals surface area contributed by atoms with Crippen LogP contribution in [-0.2, 0) is 4.74 Å². The minimum atomic E-state index is -0.340. The van der Waals surface area contributed by atoms with Crippen LogP contribution >= 0.6 is 11.6 Å². The summed E-state index contributed by atoms with van der Waals surface area (Å²) in [5.74, 6) is 0.558. The zero-order chi connectivity index (χ0) is 8.32. The van der Waals surface area contributed by atoms with Crippen LogP contribution in [0.2, 0.25) is 0 Å². The molecule has 1 aliphatic heterocycles. The topological polar surface area (TPSA) is 9.23 Å². The third-order valence-corrected chi connectivity index (χ3v) is 3.31. The van der Waals surface area contributed by atoms with Crippen molar-refractivity contribution in [1.82, 2.24) is 0 Å². The van der Waals surface area contributed by atoms with Crippen LogP contribution in [0.15, 0.2) is 0 Å². The van der Waals surface area contributed by atoms with Crippen molar-refractivity contribution < 1.29 is 4.74 Å². The first-order valence-corrected chi connectivity index (χ1v) is 4.93. The number of halogens is 1. The Morgan fingerprint density at radius 3 is 2.73 bits per heavy atom. The molecule has 2 atom stereocenters. The third kappa shape index (κ3) is 1.88. The van der Waals surface area contributed by atoms with Gasteiger partial charge in [-0.25, -0.2) is 0 Å². The highest BCUT2D eigenvalue weighted by atomic mass is 35.5. The van der Waals surface area contributed by atoms with E-state index >= 15 is 0 Å². The molecule has 1 fully saturated rings. The summed E-state index contributed by atoms with van der Waals surface area (Å²) in [6.45, 7) is 5.13. The minimum absolute atomic E-state index is 0.340. The minimum Gasteiger partial charge on any atom is -0.359 e. The maximum atomic E-state index is 6.30. The molecule has 0 aromatic heterocycles. The van der Waals surface area contributed by atoms with E-state index in [1.165, 1.54) is 12.8 Å². The number of alkyl halides is 1. The standard InChI is InChI=1S/C9H17ClO/c1-3-8-6-5-7-11-9(8,10)4-2/h8H,3-7H2,1-2H3. The van der Waals surface area contributed by atoms with E-state index in [0.717, 1.165) is 19.4 Å². The van der Waals surface area contributed by atoms with E-state index < -0.39 is 0 Å². The van der Waals surface area contributed by atoms with Gasteiger partial charge in [0.15, 0.2) is 0 Å². The molecule has 0 N–H and O–H groups in total. The molecule has 0 bridgehead atoms. The molecule has 0 saturated carbocycles. The van der Waals surface area contributed by atoms with Gasteiger partial charge in [0.1, 0.15) is 5.06 Å². The Morgan fingerprint density at radius 2 is 2.27 bits per heavy atom. The summed E-state index contributed by atoms with van der Waals surface area (Å²) in [5, 5.41) is -0.340. The van der Waals surface area contributed by atoms with Crippen LogP contribution in [0.25, 0.3) is 0 Å². The average molecular weight is 177 g/mol. The predicted octanol–water partition coefficient (Wildman–Crippen LogP) is 3.17. The highest BCUT2D eigenvalue weighted by molar-refractivity contribution is 6.23. The summed E-state index contributed by atoms with van der Waals surface area (Å²) >= 11 is 6.30. The van der Waals surface area contributed by atoms with Crippen LogP contribution in [0.4, 0.5) is 0 Å². The van der Waals surface area contributed by atoms with E-state index in [4.69, 9.17) is 16.3 Å². The lowest BCUT2D eigenvalue weighted by Gasteiger charge is -2.38. The summed E-state index contributed by atoms with van der Waals surface area (Å²) in [6.07, 6.45) is 4.46. The van der Waals surface area contributed by atoms with Crippen molar-refractivity contribution >= 4 is 11.6 Å². The first-order chi connectivity index (χ1) is 5.23. The molecule has 11 heavy (non-hydrogen) atoms. The van der Waals surface area contributed by atoms with Crippen LogP contribution in [0.1, 0.15) is 39.5 Å². The van der Waals surface area contributed by atoms with Crippen molar-refractivity contribution in [3.8, 4) is 0 Å². The van der Waals surface area contributed by atoms with E-state index in [1.54, 1.807) is 0 Å². The number of rotatable bonds is 2. The fourth-order valence-electron chi connectivity index (χ4n) is 1.80. The monoisotopic (exact) mass is 176 g/mol. The molecule has 1 aliphatic rings. The average Bonchev–Trinajstić information content (AvgIpc) is 2.05. The van der Waals surface area contributed by atoms with Gasteiger partial charge in [-0.2, -0.15) is 0 Å². The first kappa shape index (κ1) is 9.34. The Hall–Kier alpha value is 0.250. The SMILES string of the molecule is CCC1CCCOC1(Cl)CC. The summed E-state index contributed by atoms with van der Waals surface area (Å²) in [6, 6.07) is 0. The van der Waals surface area contributed by atoms with Crippen molar-refractivity contribution in [2.75, 3.05) is 6.61 Å². The lowest BCUT2D eigenvalue weighted by atomic mass is 9.90. The number of hydrogen-bond acceptors (Lipinski definition) is 1. The van der Waals surface area contributed by atoms with E-state index in [-0.39, 0.29) is 5.06 Å². The number of ether oxygens (including phenoxy) is 1. The Morgan fingerprint density at radius 1 is 1.55 bits per heavy atom. The van der Waals surface area contributed by atoms with Gasteiger partial charge in [-0.05, 0) is 25.7 Å². The predicted molar refractivity (Wildman–Crippen MR) is 47.8 cm³/mol. The highest BCUT2D eigenvalue weighted by Crippen LogP contribution is 2.39. The van der Waals surface area contributed by atoms with Gasteiger partial charge in [0.25, 0.3) is 0 Å². The molecule has 0 aliphatic carbocycles. The van der Waals surface area contributed by atoms with Crippen molar-refractivity contribution in [2.45, 2.75) is 44.6 Å². The summed E-state index contributed by atoms with van der Waals surface area (Å²) in [5.41, 5.74) is 0. The summed E-state index contributed by atoms with van der Waals surface area (Å²) in [7, 11) is 0. The Bertz CT molecular complexity index is 127. The normalized spacial score (nSPS) is 39.0. The van der Waals surface area contributed by atoms with Gasteiger partial charge >= 0.3 is 0 Å². The molecule has 1 saturated heterocycles. The molecule has 0 spiro atoms. The molecule has 1 rings (SSSR count). The molecule has 0 aromatic carbocycles. The zero-order valence-corrected chi connectivity index (χ0v) is 8.16. The molecule has 0 radical (unpaired) electrons. The second-order valence-corrected chi connectivity index (χ2v) is 3.88. The zero-order valence-electron chi connectivity index (χ0n) is 7.40. The number of hydrogen-bond donors (Lipinski definition) is 0. The van der Waals surface area contributed by atoms with E-state index in [2.05, 4.69) is 13.8 Å². The maximum absolute atomic E-state index is 6.30. The van der Waals surface area contributed by atoms with Gasteiger partial charge in [0, 0.05) is 12.5 Å². The molecule has 0 amide bonds. The van der Waals surface area contributed by atoms with Crippen molar-refractivity contribution in [2.24, 2.45) is 5.92 Å². The smallest absolute Gasteiger partial charge is 0.144 e. The molecule has 66 valence electrons. The van der Waals surface area contributed by atoms with E-state index in [9.17, 15) is 0 Å². The van der Waals surface area contributed by atoms with Crippen molar-refractivity contribution in [3.63, 3.8) is 0 Å². The molecule has 2 unspecified atom stereocenters. The van der Waals surface area contributed by atoms with E-state index in [1.807, 2.05) is 0 Å². The molecular formula is C9H17ClO. The molecule has 0 aromatic rings. The first-order valence-electron chi connectivity index (χ1n) is 4.55. The lowest BCUT2D eigenvalue weighted by molar-refractivity contribution is -0.0622. The van der Waals surface area contributed by atoms with Gasteiger partial charge in [-0.3, -0.25) is 0 Å². The maximum Gasteiger partial charge on any atom is 0.144 e. The fourth-order valence-corrected chi connectivity index (χ4v) is 2.15. The van der Waals surface area contributed by atoms with Crippen molar-refractivity contribution in [3.05, 3.63) is 0 Å². The van der Waals surface area contributed by atoms with Gasteiger partial charge in [-0.1, -0.05) is 25.4 Å². The van der Waals surface area contributed by atoms with Gasteiger partial charge in [0.2, 0.25) is 0 Å². The van der Waals surface area contributed by atoms with Crippen molar-refractivity contribution in [1.29, 1.82) is 0 Å². The van der Waals surface area contributed by atoms with Gasteiger partial charge in [-0.15, -0.1) is 0 Å². The molecule has 1 nitrogen and oxygen atoms in total. The molecule has 2 heteroatoms. The van der Waals surface area contributed by atoms with Crippen LogP contribution in [-0.4, -0.2) is 11.7 Å². The second kappa shape index (κ2) is 3.77. The third-order valence-electron chi connectivity index (χ3n) is 2.62. The van der Waals surface area contributed by atoms with Crippen LogP contribution in [0.3, 0.4) is 0 Å². The fraction of sp³-hybridized carbons (Fsp3) is 1.00. The Kier molecular flexibility index (Phi) is 3.20. The molecular weight excluding hydrogens is 160 g/mol. The Labute approximate surface area is 74.1 Å². The van der Waals surface area contributed by atoms with Crippen LogP contribution in [0, 0.1) is 5.92 Å².